The highest BCUT2D eigenvalue weighted by molar-refractivity contribution is 6.31. The number of hydrogen-bond acceptors (Lipinski definition) is 4. The van der Waals surface area contributed by atoms with Crippen LogP contribution in [0.25, 0.3) is 11.4 Å². The van der Waals surface area contributed by atoms with Crippen molar-refractivity contribution in [3.05, 3.63) is 76.6 Å². The van der Waals surface area contributed by atoms with Gasteiger partial charge in [0, 0.05) is 23.0 Å². The number of aryl methyl sites for hydroxylation is 2. The van der Waals surface area contributed by atoms with E-state index in [9.17, 15) is 4.79 Å². The molecule has 0 spiro atoms. The summed E-state index contributed by atoms with van der Waals surface area (Å²) in [6.07, 6.45) is 23.8. The Labute approximate surface area is 246 Å². The first-order chi connectivity index (χ1) is 19.6. The van der Waals surface area contributed by atoms with Crippen molar-refractivity contribution in [3.8, 4) is 17.1 Å². The van der Waals surface area contributed by atoms with Crippen molar-refractivity contribution in [2.45, 2.75) is 117 Å². The van der Waals surface area contributed by atoms with Crippen LogP contribution < -0.4 is 4.74 Å². The van der Waals surface area contributed by atoms with E-state index in [1.807, 2.05) is 30.6 Å². The number of esters is 1. The molecule has 0 saturated carbocycles. The first-order valence-corrected chi connectivity index (χ1v) is 15.9. The second-order valence-corrected chi connectivity index (χ2v) is 11.3. The smallest absolute Gasteiger partial charge is 0.343 e. The van der Waals surface area contributed by atoms with E-state index in [0.717, 1.165) is 30.4 Å². The Morgan fingerprint density at radius 3 is 1.82 bits per heavy atom. The zero-order valence-corrected chi connectivity index (χ0v) is 25.4. The largest absolute Gasteiger partial charge is 0.423 e. The van der Waals surface area contributed by atoms with E-state index in [2.05, 4.69) is 23.8 Å². The second-order valence-electron chi connectivity index (χ2n) is 10.9. The molecule has 2 aromatic carbocycles. The molecule has 0 aliphatic heterocycles. The number of aromatic nitrogens is 2. The molecule has 0 N–H and O–H groups in total. The molecule has 1 aromatic heterocycles. The molecule has 216 valence electrons. The van der Waals surface area contributed by atoms with Gasteiger partial charge in [0.15, 0.2) is 5.82 Å². The maximum Gasteiger partial charge on any atom is 0.343 e. The van der Waals surface area contributed by atoms with Crippen LogP contribution in [-0.4, -0.2) is 15.9 Å². The normalized spacial score (nSPS) is 11.1. The fourth-order valence-electron chi connectivity index (χ4n) is 4.91. The summed E-state index contributed by atoms with van der Waals surface area (Å²) in [6.45, 7) is 4.49. The number of halogens is 1. The molecule has 0 bridgehead atoms. The lowest BCUT2D eigenvalue weighted by Gasteiger charge is -2.09. The Morgan fingerprint density at radius 1 is 0.700 bits per heavy atom. The van der Waals surface area contributed by atoms with Crippen LogP contribution in [0.5, 0.6) is 5.75 Å². The first kappa shape index (κ1) is 31.8. The summed E-state index contributed by atoms with van der Waals surface area (Å²) < 4.78 is 5.60. The van der Waals surface area contributed by atoms with Crippen LogP contribution in [-0.2, 0) is 12.8 Å². The van der Waals surface area contributed by atoms with Crippen molar-refractivity contribution in [1.29, 1.82) is 0 Å². The minimum Gasteiger partial charge on any atom is -0.423 e. The first-order valence-electron chi connectivity index (χ1n) is 15.5. The van der Waals surface area contributed by atoms with Gasteiger partial charge in [-0.3, -0.25) is 0 Å². The van der Waals surface area contributed by atoms with E-state index in [-0.39, 0.29) is 0 Å². The molecule has 0 atom stereocenters. The van der Waals surface area contributed by atoms with Gasteiger partial charge in [0.25, 0.3) is 0 Å². The molecule has 5 heteroatoms. The molecule has 40 heavy (non-hydrogen) atoms. The summed E-state index contributed by atoms with van der Waals surface area (Å²) in [5.41, 5.74) is 3.61. The van der Waals surface area contributed by atoms with E-state index >= 15 is 0 Å². The standard InChI is InChI=1S/C35H47ClN2O2/c1-3-5-7-9-11-13-15-17-28-26-37-34(38-27-28)30-21-23-32(24-22-30)40-35(39)31-20-19-29(33(36)25-31)18-16-14-12-10-8-6-4-2/h19-27H,3-18H2,1-2H3. The Balaban J connectivity index is 1.43. The zero-order chi connectivity index (χ0) is 28.4. The van der Waals surface area contributed by atoms with Gasteiger partial charge >= 0.3 is 5.97 Å². The van der Waals surface area contributed by atoms with Gasteiger partial charge < -0.3 is 4.74 Å². The number of carbonyl (C=O) groups excluding carboxylic acids is 1. The van der Waals surface area contributed by atoms with Gasteiger partial charge in [-0.15, -0.1) is 0 Å². The molecular weight excluding hydrogens is 516 g/mol. The Morgan fingerprint density at radius 2 is 1.25 bits per heavy atom. The monoisotopic (exact) mass is 562 g/mol. The lowest BCUT2D eigenvalue weighted by molar-refractivity contribution is 0.0734. The van der Waals surface area contributed by atoms with Crippen molar-refractivity contribution in [3.63, 3.8) is 0 Å². The van der Waals surface area contributed by atoms with E-state index in [4.69, 9.17) is 16.3 Å². The minimum absolute atomic E-state index is 0.414. The molecule has 0 aliphatic rings. The van der Waals surface area contributed by atoms with Crippen molar-refractivity contribution in [2.75, 3.05) is 0 Å². The van der Waals surface area contributed by atoms with E-state index in [0.29, 0.717) is 22.2 Å². The number of carbonyl (C=O) groups is 1. The second kappa shape index (κ2) is 18.6. The molecule has 3 rings (SSSR count). The Hall–Kier alpha value is -2.72. The van der Waals surface area contributed by atoms with E-state index in [1.165, 1.54) is 89.0 Å². The third-order valence-electron chi connectivity index (χ3n) is 7.44. The molecule has 0 aliphatic carbocycles. The number of rotatable bonds is 19. The van der Waals surface area contributed by atoms with E-state index < -0.39 is 5.97 Å². The van der Waals surface area contributed by atoms with Gasteiger partial charge in [0.1, 0.15) is 5.75 Å². The number of unbranched alkanes of at least 4 members (excludes halogenated alkanes) is 12. The molecular formula is C35H47ClN2O2. The number of nitrogens with zero attached hydrogens (tertiary/aromatic N) is 2. The Kier molecular flexibility index (Phi) is 14.8. The van der Waals surface area contributed by atoms with Crippen molar-refractivity contribution < 1.29 is 9.53 Å². The molecule has 1 heterocycles. The van der Waals surface area contributed by atoms with Crippen LogP contribution in [0.4, 0.5) is 0 Å². The molecule has 0 saturated heterocycles. The SMILES string of the molecule is CCCCCCCCCc1cnc(-c2ccc(OC(=O)c3ccc(CCCCCCCCC)c(Cl)c3)cc2)nc1. The molecule has 0 amide bonds. The third kappa shape index (κ3) is 11.4. The zero-order valence-electron chi connectivity index (χ0n) is 24.6. The highest BCUT2D eigenvalue weighted by atomic mass is 35.5. The summed E-state index contributed by atoms with van der Waals surface area (Å²) in [4.78, 5) is 21.8. The number of ether oxygens (including phenoxy) is 1. The molecule has 3 aromatic rings. The quantitative estimate of drug-likeness (QED) is 0.0828. The van der Waals surface area contributed by atoms with Crippen LogP contribution in [0, 0.1) is 0 Å². The molecule has 0 radical (unpaired) electrons. The lowest BCUT2D eigenvalue weighted by Crippen LogP contribution is -2.08. The fourth-order valence-corrected chi connectivity index (χ4v) is 5.18. The maximum absolute atomic E-state index is 12.7. The van der Waals surface area contributed by atoms with Crippen LogP contribution in [0.3, 0.4) is 0 Å². The average molecular weight is 563 g/mol. The van der Waals surface area contributed by atoms with Gasteiger partial charge in [-0.25, -0.2) is 14.8 Å². The van der Waals surface area contributed by atoms with Gasteiger partial charge in [-0.2, -0.15) is 0 Å². The fraction of sp³-hybridized carbons (Fsp3) is 0.514. The summed E-state index contributed by atoms with van der Waals surface area (Å²) in [7, 11) is 0. The van der Waals surface area contributed by atoms with E-state index in [1.54, 1.807) is 24.3 Å². The van der Waals surface area contributed by atoms with Gasteiger partial charge in [-0.05, 0) is 73.2 Å². The minimum atomic E-state index is -0.414. The summed E-state index contributed by atoms with van der Waals surface area (Å²) in [5.74, 6) is 0.736. The molecule has 0 fully saturated rings. The highest BCUT2D eigenvalue weighted by Gasteiger charge is 2.12. The third-order valence-corrected chi connectivity index (χ3v) is 7.79. The van der Waals surface area contributed by atoms with Crippen LogP contribution in [0.1, 0.15) is 125 Å². The predicted octanol–water partition coefficient (Wildman–Crippen LogP) is 10.6. The van der Waals surface area contributed by atoms with Gasteiger partial charge in [0.2, 0.25) is 0 Å². The number of benzene rings is 2. The predicted molar refractivity (Wildman–Crippen MR) is 167 cm³/mol. The topological polar surface area (TPSA) is 52.1 Å². The lowest BCUT2D eigenvalue weighted by atomic mass is 10.0. The van der Waals surface area contributed by atoms with Gasteiger partial charge in [-0.1, -0.05) is 109 Å². The average Bonchev–Trinajstić information content (AvgIpc) is 2.97. The summed E-state index contributed by atoms with van der Waals surface area (Å²) >= 11 is 6.49. The Bertz CT molecular complexity index is 1130. The maximum atomic E-state index is 12.7. The van der Waals surface area contributed by atoms with Crippen LogP contribution in [0.15, 0.2) is 54.9 Å². The summed E-state index contributed by atoms with van der Waals surface area (Å²) in [6, 6.07) is 12.8. The van der Waals surface area contributed by atoms with Crippen molar-refractivity contribution in [2.24, 2.45) is 0 Å². The highest BCUT2D eigenvalue weighted by Crippen LogP contribution is 2.24. The van der Waals surface area contributed by atoms with Crippen LogP contribution >= 0.6 is 11.6 Å². The number of hydrogen-bond donors (Lipinski definition) is 0. The molecule has 0 unspecified atom stereocenters. The summed E-state index contributed by atoms with van der Waals surface area (Å²) in [5, 5.41) is 0.628. The van der Waals surface area contributed by atoms with Crippen molar-refractivity contribution in [1.82, 2.24) is 9.97 Å². The van der Waals surface area contributed by atoms with Gasteiger partial charge in [0.05, 0.1) is 5.56 Å². The van der Waals surface area contributed by atoms with Crippen LogP contribution in [0.2, 0.25) is 5.02 Å². The molecule has 4 nitrogen and oxygen atoms in total. The van der Waals surface area contributed by atoms with Crippen molar-refractivity contribution >= 4 is 17.6 Å².